The molecule has 2 amide bonds. The number of hydrogen-bond donors (Lipinski definition) is 2. The second-order valence-electron chi connectivity index (χ2n) is 6.76. The number of aromatic nitrogens is 1. The van der Waals surface area contributed by atoms with Crippen molar-refractivity contribution in [3.8, 4) is 24.7 Å². The molecular weight excluding hydrogens is 401 g/mol. The molecule has 0 saturated heterocycles. The number of hydrogen-bond acceptors (Lipinski definition) is 4. The van der Waals surface area contributed by atoms with E-state index in [1.54, 1.807) is 20.9 Å². The van der Waals surface area contributed by atoms with E-state index in [0.717, 1.165) is 6.07 Å². The first kappa shape index (κ1) is 23.4. The Morgan fingerprint density at radius 2 is 1.94 bits per heavy atom. The Bertz CT molecular complexity index is 1140. The summed E-state index contributed by atoms with van der Waals surface area (Å²) in [7, 11) is 3.01. The maximum absolute atomic E-state index is 13.6. The first-order chi connectivity index (χ1) is 14.7. The first-order valence-corrected chi connectivity index (χ1v) is 9.19. The Labute approximate surface area is 180 Å². The number of carbonyl (C=O) groups excluding carboxylic acids is 3. The fourth-order valence-electron chi connectivity index (χ4n) is 3.17. The van der Waals surface area contributed by atoms with Gasteiger partial charge in [0.15, 0.2) is 0 Å². The second-order valence-corrected chi connectivity index (χ2v) is 6.76. The number of methoxy groups -OCH3 is 1. The van der Waals surface area contributed by atoms with Crippen LogP contribution < -0.4 is 10.6 Å². The summed E-state index contributed by atoms with van der Waals surface area (Å²) in [5.41, 5.74) is 1.31. The highest BCUT2D eigenvalue weighted by Crippen LogP contribution is 2.23. The van der Waals surface area contributed by atoms with Crippen molar-refractivity contribution in [3.63, 3.8) is 0 Å². The summed E-state index contributed by atoms with van der Waals surface area (Å²) < 4.78 is 20.0. The average molecular weight is 423 g/mol. The summed E-state index contributed by atoms with van der Waals surface area (Å²) in [6.07, 6.45) is 10.6. The number of nitrogens with one attached hydrogen (secondary N) is 2. The lowest BCUT2D eigenvalue weighted by molar-refractivity contribution is -0.117. The van der Waals surface area contributed by atoms with Crippen molar-refractivity contribution in [1.29, 1.82) is 0 Å². The topological polar surface area (TPSA) is 89.4 Å². The third kappa shape index (κ3) is 4.82. The zero-order valence-corrected chi connectivity index (χ0v) is 17.6. The van der Waals surface area contributed by atoms with Gasteiger partial charge < -0.3 is 19.9 Å². The van der Waals surface area contributed by atoms with Gasteiger partial charge in [0.05, 0.1) is 17.7 Å². The van der Waals surface area contributed by atoms with Gasteiger partial charge in [-0.1, -0.05) is 11.8 Å². The van der Waals surface area contributed by atoms with E-state index in [9.17, 15) is 18.8 Å². The molecule has 2 rings (SSSR count). The zero-order chi connectivity index (χ0) is 23.3. The zero-order valence-electron chi connectivity index (χ0n) is 17.6. The summed E-state index contributed by atoms with van der Waals surface area (Å²) in [6.45, 7) is 3.23. The summed E-state index contributed by atoms with van der Waals surface area (Å²) in [5.74, 6) is 1.68. The van der Waals surface area contributed by atoms with Crippen LogP contribution >= 0.6 is 0 Å². The predicted octanol–water partition coefficient (Wildman–Crippen LogP) is 1.96. The van der Waals surface area contributed by atoms with Crippen LogP contribution in [0.2, 0.25) is 0 Å². The van der Waals surface area contributed by atoms with Crippen LogP contribution in [0.5, 0.6) is 0 Å². The third-order valence-electron chi connectivity index (χ3n) is 4.80. The molecule has 1 atom stereocenters. The molecule has 2 N–H and O–H groups in total. The van der Waals surface area contributed by atoms with E-state index >= 15 is 0 Å². The standard InChI is InChI=1S/C23H22FN3O4/c1-7-15-11-17(9-10-18(15)24)26-22(29)20-13(3)19(14(4)27(20)5)21(28)23(30)25-16(8-2)12-31-6/h1-2,9-11,16H,12H2,3-6H3,(H,25,30)(H,26,29). The van der Waals surface area contributed by atoms with Gasteiger partial charge >= 0.3 is 0 Å². The van der Waals surface area contributed by atoms with E-state index in [4.69, 9.17) is 17.6 Å². The fourth-order valence-corrected chi connectivity index (χ4v) is 3.17. The monoisotopic (exact) mass is 423 g/mol. The minimum Gasteiger partial charge on any atom is -0.382 e. The molecule has 0 fully saturated rings. The number of anilines is 1. The highest BCUT2D eigenvalue weighted by molar-refractivity contribution is 6.43. The van der Waals surface area contributed by atoms with Crippen molar-refractivity contribution >= 4 is 23.3 Å². The molecule has 0 radical (unpaired) electrons. The SMILES string of the molecule is C#Cc1cc(NC(=O)c2c(C)c(C(=O)C(=O)NC(C#C)COC)c(C)n2C)ccc1F. The van der Waals surface area contributed by atoms with E-state index in [-0.39, 0.29) is 23.4 Å². The van der Waals surface area contributed by atoms with Crippen molar-refractivity contribution in [2.75, 3.05) is 19.0 Å². The molecule has 0 bridgehead atoms. The summed E-state index contributed by atoms with van der Waals surface area (Å²) in [4.78, 5) is 38.1. The number of benzene rings is 1. The molecule has 0 aliphatic heterocycles. The smallest absolute Gasteiger partial charge is 0.293 e. The number of rotatable bonds is 7. The quantitative estimate of drug-likeness (QED) is 0.405. The molecule has 8 heteroatoms. The van der Waals surface area contributed by atoms with Gasteiger partial charge in [-0.15, -0.1) is 12.8 Å². The molecule has 31 heavy (non-hydrogen) atoms. The number of halogens is 1. The normalized spacial score (nSPS) is 11.2. The van der Waals surface area contributed by atoms with Crippen LogP contribution in [0.15, 0.2) is 18.2 Å². The lowest BCUT2D eigenvalue weighted by atomic mass is 10.0. The third-order valence-corrected chi connectivity index (χ3v) is 4.80. The fraction of sp³-hybridized carbons (Fsp3) is 0.261. The molecule has 160 valence electrons. The van der Waals surface area contributed by atoms with Gasteiger partial charge in [-0.3, -0.25) is 14.4 Å². The van der Waals surface area contributed by atoms with Gasteiger partial charge in [-0.25, -0.2) is 4.39 Å². The van der Waals surface area contributed by atoms with Gasteiger partial charge in [0, 0.05) is 25.5 Å². The Morgan fingerprint density at radius 1 is 1.26 bits per heavy atom. The lowest BCUT2D eigenvalue weighted by Crippen LogP contribution is -2.41. The summed E-state index contributed by atoms with van der Waals surface area (Å²) in [5, 5.41) is 5.05. The maximum Gasteiger partial charge on any atom is 0.293 e. The predicted molar refractivity (Wildman–Crippen MR) is 114 cm³/mol. The van der Waals surface area contributed by atoms with Crippen LogP contribution in [0.4, 0.5) is 10.1 Å². The van der Waals surface area contributed by atoms with E-state index in [0.29, 0.717) is 16.9 Å². The Morgan fingerprint density at radius 3 is 2.52 bits per heavy atom. The van der Waals surface area contributed by atoms with E-state index in [1.165, 1.54) is 23.8 Å². The van der Waals surface area contributed by atoms with E-state index in [1.807, 2.05) is 0 Å². The van der Waals surface area contributed by atoms with Crippen LogP contribution in [0.3, 0.4) is 0 Å². The van der Waals surface area contributed by atoms with Crippen LogP contribution in [0.1, 0.15) is 37.7 Å². The average Bonchev–Trinajstić information content (AvgIpc) is 2.96. The number of nitrogens with zero attached hydrogens (tertiary/aromatic N) is 1. The minimum atomic E-state index is -0.902. The highest BCUT2D eigenvalue weighted by atomic mass is 19.1. The largest absolute Gasteiger partial charge is 0.382 e. The van der Waals surface area contributed by atoms with Gasteiger partial charge in [0.1, 0.15) is 17.6 Å². The highest BCUT2D eigenvalue weighted by Gasteiger charge is 2.29. The number of ether oxygens (including phenoxy) is 1. The van der Waals surface area contributed by atoms with Gasteiger partial charge in [0.25, 0.3) is 17.6 Å². The lowest BCUT2D eigenvalue weighted by Gasteiger charge is -2.11. The molecule has 2 aromatic rings. The molecule has 0 aliphatic carbocycles. The maximum atomic E-state index is 13.6. The molecule has 0 spiro atoms. The second kappa shape index (κ2) is 9.75. The van der Waals surface area contributed by atoms with Gasteiger partial charge in [0.2, 0.25) is 0 Å². The Balaban J connectivity index is 2.34. The molecule has 7 nitrogen and oxygen atoms in total. The molecule has 1 aromatic heterocycles. The number of Topliss-reactive ketones (excluding diaryl/α,β-unsaturated/α-hetero) is 1. The van der Waals surface area contributed by atoms with Crippen molar-refractivity contribution in [2.45, 2.75) is 19.9 Å². The molecule has 1 unspecified atom stereocenters. The van der Waals surface area contributed by atoms with Crippen molar-refractivity contribution in [2.24, 2.45) is 7.05 Å². The Kier molecular flexibility index (Phi) is 7.36. The number of ketones is 1. The van der Waals surface area contributed by atoms with Crippen LogP contribution in [0, 0.1) is 44.4 Å². The molecule has 1 aromatic carbocycles. The summed E-state index contributed by atoms with van der Waals surface area (Å²) >= 11 is 0. The van der Waals surface area contributed by atoms with Crippen LogP contribution in [-0.4, -0.2) is 41.9 Å². The van der Waals surface area contributed by atoms with Crippen molar-refractivity contribution in [3.05, 3.63) is 52.1 Å². The first-order valence-electron chi connectivity index (χ1n) is 9.19. The molecule has 0 aliphatic rings. The van der Waals surface area contributed by atoms with Gasteiger partial charge in [-0.05, 0) is 37.6 Å². The molecule has 1 heterocycles. The number of carbonyl (C=O) groups is 3. The van der Waals surface area contributed by atoms with E-state index in [2.05, 4.69) is 22.5 Å². The van der Waals surface area contributed by atoms with Crippen molar-refractivity contribution < 1.29 is 23.5 Å². The van der Waals surface area contributed by atoms with Crippen molar-refractivity contribution in [1.82, 2.24) is 9.88 Å². The van der Waals surface area contributed by atoms with E-state index < -0.39 is 29.5 Å². The molecular formula is C23H22FN3O4. The van der Waals surface area contributed by atoms with Crippen LogP contribution in [0.25, 0.3) is 0 Å². The molecule has 0 saturated carbocycles. The van der Waals surface area contributed by atoms with Crippen LogP contribution in [-0.2, 0) is 16.6 Å². The summed E-state index contributed by atoms with van der Waals surface area (Å²) in [6, 6.07) is 3.08. The van der Waals surface area contributed by atoms with Gasteiger partial charge in [-0.2, -0.15) is 0 Å². The minimum absolute atomic E-state index is 0.00393. The Hall–Kier alpha value is -3.88. The number of terminal acetylenes is 2. The number of amides is 2.